The Morgan fingerprint density at radius 3 is 2.41 bits per heavy atom. The van der Waals surface area contributed by atoms with Gasteiger partial charge in [0.25, 0.3) is 5.91 Å². The van der Waals surface area contributed by atoms with Crippen LogP contribution in [0.1, 0.15) is 39.2 Å². The molecule has 2 amide bonds. The van der Waals surface area contributed by atoms with Crippen LogP contribution in [0.2, 0.25) is 5.02 Å². The predicted octanol–water partition coefficient (Wildman–Crippen LogP) is 5.63. The minimum atomic E-state index is -3.93. The average Bonchev–Trinajstić information content (AvgIpc) is 3.29. The number of hydrogen-bond donors (Lipinski definition) is 3. The van der Waals surface area contributed by atoms with E-state index in [2.05, 4.69) is 31.0 Å². The van der Waals surface area contributed by atoms with Crippen LogP contribution in [0.5, 0.6) is 5.75 Å². The zero-order chi connectivity index (χ0) is 29.6. The molecule has 0 saturated heterocycles. The van der Waals surface area contributed by atoms with Crippen molar-refractivity contribution in [2.24, 2.45) is 0 Å². The second kappa shape index (κ2) is 13.5. The summed E-state index contributed by atoms with van der Waals surface area (Å²) in [6, 6.07) is 18.4. The molecule has 216 valence electrons. The van der Waals surface area contributed by atoms with Crippen molar-refractivity contribution in [1.82, 2.24) is 15.0 Å². The van der Waals surface area contributed by atoms with Crippen LogP contribution in [0, 0.1) is 13.8 Å². The molecule has 0 aliphatic carbocycles. The molecule has 0 saturated carbocycles. The summed E-state index contributed by atoms with van der Waals surface area (Å²) in [7, 11) is -3.93. The molecule has 0 unspecified atom stereocenters. The van der Waals surface area contributed by atoms with Gasteiger partial charge >= 0.3 is 0 Å². The molecular formula is C30H31BrClN3O5S. The quantitative estimate of drug-likeness (QED) is 0.170. The molecule has 0 fully saturated rings. The van der Waals surface area contributed by atoms with Crippen molar-refractivity contribution < 1.29 is 22.7 Å². The number of sulfonamides is 1. The van der Waals surface area contributed by atoms with Crippen LogP contribution in [0.15, 0.2) is 65.1 Å². The van der Waals surface area contributed by atoms with Gasteiger partial charge in [-0.25, -0.2) is 8.42 Å². The molecule has 4 rings (SSSR count). The number of benzene rings is 3. The number of fused-ring (bicyclic) bond motifs is 1. The van der Waals surface area contributed by atoms with Crippen molar-refractivity contribution in [3.63, 3.8) is 0 Å². The van der Waals surface area contributed by atoms with Gasteiger partial charge in [-0.05, 0) is 79.3 Å². The fraction of sp³-hybridized carbons (Fsp3) is 0.267. The third-order valence-corrected chi connectivity index (χ3v) is 8.90. The number of nitrogens with one attached hydrogen (secondary N) is 3. The van der Waals surface area contributed by atoms with Gasteiger partial charge in [0.15, 0.2) is 0 Å². The van der Waals surface area contributed by atoms with E-state index >= 15 is 0 Å². The number of aromatic nitrogens is 1. The fourth-order valence-electron chi connectivity index (χ4n) is 4.52. The molecule has 41 heavy (non-hydrogen) atoms. The molecule has 0 spiro atoms. The zero-order valence-electron chi connectivity index (χ0n) is 22.7. The molecule has 0 aliphatic heterocycles. The van der Waals surface area contributed by atoms with E-state index in [4.69, 9.17) is 16.3 Å². The summed E-state index contributed by atoms with van der Waals surface area (Å²) in [5, 5.41) is 4.31. The van der Waals surface area contributed by atoms with Gasteiger partial charge in [0.1, 0.15) is 11.4 Å². The standard InChI is InChI=1S/C30H31BrClN3O5S/c1-19-16-23(17-20(2)28(19)32)40-14-5-7-25-24-6-3-4-8-26(24)34-29(25)30(37)33-13-15-41(38,39)35-27(36)18-21-9-11-22(31)12-10-21/h3-4,6,8-12,16-17,34H,5,7,13-15,18H2,1-2H3,(H,33,37)(H,35,36). The van der Waals surface area contributed by atoms with Gasteiger partial charge in [-0.15, -0.1) is 0 Å². The molecule has 3 aromatic carbocycles. The van der Waals surface area contributed by atoms with Crippen molar-refractivity contribution in [2.45, 2.75) is 33.1 Å². The van der Waals surface area contributed by atoms with Crippen molar-refractivity contribution in [1.29, 1.82) is 0 Å². The van der Waals surface area contributed by atoms with Gasteiger partial charge in [0.2, 0.25) is 15.9 Å². The van der Waals surface area contributed by atoms with Crippen LogP contribution in [-0.4, -0.2) is 44.1 Å². The third-order valence-electron chi connectivity index (χ3n) is 6.49. The molecule has 1 heterocycles. The average molecular weight is 661 g/mol. The molecule has 4 aromatic rings. The number of hydrogen-bond acceptors (Lipinski definition) is 5. The normalized spacial score (nSPS) is 11.4. The number of aryl methyl sites for hydroxylation is 3. The molecule has 1 aromatic heterocycles. The summed E-state index contributed by atoms with van der Waals surface area (Å²) >= 11 is 9.57. The monoisotopic (exact) mass is 659 g/mol. The third kappa shape index (κ3) is 8.34. The molecule has 0 bridgehead atoms. The van der Waals surface area contributed by atoms with Gasteiger partial charge < -0.3 is 15.0 Å². The van der Waals surface area contributed by atoms with E-state index in [0.717, 1.165) is 42.8 Å². The van der Waals surface area contributed by atoms with Crippen LogP contribution in [0.25, 0.3) is 10.9 Å². The largest absolute Gasteiger partial charge is 0.494 e. The lowest BCUT2D eigenvalue weighted by molar-refractivity contribution is -0.118. The minimum Gasteiger partial charge on any atom is -0.494 e. The maximum absolute atomic E-state index is 13.1. The molecular weight excluding hydrogens is 630 g/mol. The lowest BCUT2D eigenvalue weighted by Crippen LogP contribution is -2.38. The molecule has 0 radical (unpaired) electrons. The van der Waals surface area contributed by atoms with Crippen molar-refractivity contribution in [3.05, 3.63) is 98.1 Å². The molecule has 3 N–H and O–H groups in total. The number of halogens is 2. The number of rotatable bonds is 12. The van der Waals surface area contributed by atoms with Gasteiger partial charge in [-0.2, -0.15) is 0 Å². The molecule has 0 atom stereocenters. The zero-order valence-corrected chi connectivity index (χ0v) is 25.9. The van der Waals surface area contributed by atoms with E-state index in [9.17, 15) is 18.0 Å². The van der Waals surface area contributed by atoms with E-state index in [-0.39, 0.29) is 13.0 Å². The second-order valence-electron chi connectivity index (χ2n) is 9.75. The van der Waals surface area contributed by atoms with Gasteiger partial charge in [-0.1, -0.05) is 57.9 Å². The van der Waals surface area contributed by atoms with Crippen LogP contribution >= 0.6 is 27.5 Å². The second-order valence-corrected chi connectivity index (χ2v) is 12.9. The van der Waals surface area contributed by atoms with E-state index in [1.807, 2.05) is 50.2 Å². The highest BCUT2D eigenvalue weighted by atomic mass is 79.9. The van der Waals surface area contributed by atoms with Crippen molar-refractivity contribution >= 4 is 60.3 Å². The summed E-state index contributed by atoms with van der Waals surface area (Å²) in [5.41, 5.74) is 4.60. The summed E-state index contributed by atoms with van der Waals surface area (Å²) in [6.45, 7) is 4.15. The predicted molar refractivity (Wildman–Crippen MR) is 165 cm³/mol. The summed E-state index contributed by atoms with van der Waals surface area (Å²) < 4.78 is 33.7. The van der Waals surface area contributed by atoms with Crippen LogP contribution in [0.3, 0.4) is 0 Å². The van der Waals surface area contributed by atoms with Gasteiger partial charge in [0, 0.05) is 26.9 Å². The van der Waals surface area contributed by atoms with E-state index < -0.39 is 27.6 Å². The van der Waals surface area contributed by atoms with Crippen LogP contribution in [-0.2, 0) is 27.7 Å². The maximum atomic E-state index is 13.1. The van der Waals surface area contributed by atoms with Gasteiger partial charge in [-0.3, -0.25) is 14.3 Å². The highest BCUT2D eigenvalue weighted by Crippen LogP contribution is 2.27. The van der Waals surface area contributed by atoms with Crippen LogP contribution in [0.4, 0.5) is 0 Å². The highest BCUT2D eigenvalue weighted by Gasteiger charge is 2.20. The molecule has 11 heteroatoms. The van der Waals surface area contributed by atoms with Gasteiger partial charge in [0.05, 0.1) is 18.8 Å². The Kier molecular flexibility index (Phi) is 10.1. The topological polar surface area (TPSA) is 117 Å². The smallest absolute Gasteiger partial charge is 0.268 e. The Labute approximate surface area is 253 Å². The highest BCUT2D eigenvalue weighted by molar-refractivity contribution is 9.10. The first kappa shape index (κ1) is 30.6. The number of amides is 2. The first-order chi connectivity index (χ1) is 19.5. The fourth-order valence-corrected chi connectivity index (χ4v) is 5.78. The first-order valence-corrected chi connectivity index (χ1v) is 15.9. The molecule has 0 aliphatic rings. The number of ether oxygens (including phenoxy) is 1. The number of H-pyrrole nitrogens is 1. The SMILES string of the molecule is Cc1cc(OCCCc2c(C(=O)NCCS(=O)(=O)NC(=O)Cc3ccc(Br)cc3)[nH]c3ccccc23)cc(C)c1Cl. The Balaban J connectivity index is 1.33. The van der Waals surface area contributed by atoms with Crippen LogP contribution < -0.4 is 14.8 Å². The van der Waals surface area contributed by atoms with E-state index in [1.165, 1.54) is 0 Å². The van der Waals surface area contributed by atoms with E-state index in [0.29, 0.717) is 30.7 Å². The number of aromatic amines is 1. The Morgan fingerprint density at radius 1 is 1.02 bits per heavy atom. The Hall–Kier alpha value is -3.34. The summed E-state index contributed by atoms with van der Waals surface area (Å²) in [5.74, 6) is -0.750. The molecule has 8 nitrogen and oxygen atoms in total. The maximum Gasteiger partial charge on any atom is 0.268 e. The minimum absolute atomic E-state index is 0.0712. The Morgan fingerprint density at radius 2 is 1.71 bits per heavy atom. The Bertz CT molecular complexity index is 1650. The van der Waals surface area contributed by atoms with E-state index in [1.54, 1.807) is 24.3 Å². The van der Waals surface area contributed by atoms with Crippen molar-refractivity contribution in [2.75, 3.05) is 18.9 Å². The number of para-hydroxylation sites is 1. The lowest BCUT2D eigenvalue weighted by Gasteiger charge is -2.11. The summed E-state index contributed by atoms with van der Waals surface area (Å²) in [4.78, 5) is 28.5. The lowest BCUT2D eigenvalue weighted by atomic mass is 10.1. The summed E-state index contributed by atoms with van der Waals surface area (Å²) in [6.07, 6.45) is 1.16. The first-order valence-electron chi connectivity index (χ1n) is 13.1. The number of carbonyl (C=O) groups excluding carboxylic acids is 2. The van der Waals surface area contributed by atoms with Crippen molar-refractivity contribution in [3.8, 4) is 5.75 Å². The number of carbonyl (C=O) groups is 2.